The summed E-state index contributed by atoms with van der Waals surface area (Å²) in [5, 5.41) is 3.88. The van der Waals surface area contributed by atoms with Crippen LogP contribution in [0.3, 0.4) is 0 Å². The quantitative estimate of drug-likeness (QED) is 0.498. The molecule has 0 saturated heterocycles. The molecule has 0 aliphatic rings. The number of pyridine rings is 1. The van der Waals surface area contributed by atoms with E-state index in [0.717, 1.165) is 27.6 Å². The van der Waals surface area contributed by atoms with Crippen LogP contribution in [0.4, 0.5) is 5.69 Å². The van der Waals surface area contributed by atoms with Gasteiger partial charge in [0.25, 0.3) is 5.91 Å². The molecule has 0 bridgehead atoms. The number of hydrogen-bond donors (Lipinski definition) is 1. The number of fused-ring (bicyclic) bond motifs is 1. The highest BCUT2D eigenvalue weighted by Crippen LogP contribution is 2.25. The van der Waals surface area contributed by atoms with Crippen molar-refractivity contribution >= 4 is 22.5 Å². The molecule has 3 heteroatoms. The van der Waals surface area contributed by atoms with E-state index in [1.165, 1.54) is 0 Å². The summed E-state index contributed by atoms with van der Waals surface area (Å²) in [5.74, 6) is 6.24. The van der Waals surface area contributed by atoms with Crippen LogP contribution in [0.2, 0.25) is 0 Å². The zero-order valence-corrected chi connectivity index (χ0v) is 15.4. The number of aromatic nitrogens is 1. The van der Waals surface area contributed by atoms with Gasteiger partial charge in [-0.2, -0.15) is 0 Å². The lowest BCUT2D eigenvalue weighted by atomic mass is 10.1. The first kappa shape index (κ1) is 17.5. The molecule has 0 atom stereocenters. The van der Waals surface area contributed by atoms with Gasteiger partial charge in [0.15, 0.2) is 0 Å². The summed E-state index contributed by atoms with van der Waals surface area (Å²) < 4.78 is 0. The van der Waals surface area contributed by atoms with Crippen LogP contribution < -0.4 is 5.32 Å². The zero-order chi connectivity index (χ0) is 19.3. The Morgan fingerprint density at radius 3 is 2.43 bits per heavy atom. The van der Waals surface area contributed by atoms with Crippen molar-refractivity contribution in [1.82, 2.24) is 4.98 Å². The van der Waals surface area contributed by atoms with Crippen molar-refractivity contribution in [3.63, 3.8) is 0 Å². The number of nitrogens with one attached hydrogen (secondary N) is 1. The third-order valence-corrected chi connectivity index (χ3v) is 4.45. The minimum Gasteiger partial charge on any atom is -0.320 e. The van der Waals surface area contributed by atoms with Crippen LogP contribution in [-0.2, 0) is 0 Å². The average molecular weight is 362 g/mol. The van der Waals surface area contributed by atoms with Gasteiger partial charge in [-0.1, -0.05) is 47.7 Å². The minimum absolute atomic E-state index is 0.157. The van der Waals surface area contributed by atoms with Gasteiger partial charge in [0.05, 0.1) is 11.2 Å². The fraction of sp³-hybridized carbons (Fsp3) is 0.0400. The van der Waals surface area contributed by atoms with Crippen molar-refractivity contribution in [3.8, 4) is 11.8 Å². The maximum Gasteiger partial charge on any atom is 0.255 e. The number of rotatable bonds is 2. The van der Waals surface area contributed by atoms with Crippen molar-refractivity contribution in [2.75, 3.05) is 5.32 Å². The fourth-order valence-corrected chi connectivity index (χ4v) is 2.94. The normalized spacial score (nSPS) is 10.2. The van der Waals surface area contributed by atoms with Gasteiger partial charge in [-0.15, -0.1) is 0 Å². The van der Waals surface area contributed by atoms with E-state index in [0.29, 0.717) is 11.3 Å². The van der Waals surface area contributed by atoms with Crippen LogP contribution in [0.1, 0.15) is 27.0 Å². The van der Waals surface area contributed by atoms with E-state index >= 15 is 0 Å². The number of aryl methyl sites for hydroxylation is 1. The Hall–Kier alpha value is -3.90. The SMILES string of the molecule is Cc1ccc(C(=O)Nc2ccc(C#Cc3ccccc3)c3cccnc23)cc1. The third-order valence-electron chi connectivity index (χ3n) is 4.45. The first-order chi connectivity index (χ1) is 13.7. The number of nitrogens with zero attached hydrogens (tertiary/aromatic N) is 1. The van der Waals surface area contributed by atoms with E-state index in [1.54, 1.807) is 6.20 Å². The topological polar surface area (TPSA) is 42.0 Å². The molecule has 3 aromatic carbocycles. The third kappa shape index (κ3) is 3.77. The molecule has 1 amide bonds. The lowest BCUT2D eigenvalue weighted by Crippen LogP contribution is -2.12. The molecule has 3 nitrogen and oxygen atoms in total. The summed E-state index contributed by atoms with van der Waals surface area (Å²) in [6.07, 6.45) is 1.72. The summed E-state index contributed by atoms with van der Waals surface area (Å²) in [6.45, 7) is 1.99. The number of hydrogen-bond acceptors (Lipinski definition) is 2. The molecule has 28 heavy (non-hydrogen) atoms. The van der Waals surface area contributed by atoms with Gasteiger partial charge in [-0.05, 0) is 55.5 Å². The Morgan fingerprint density at radius 2 is 1.64 bits per heavy atom. The summed E-state index contributed by atoms with van der Waals surface area (Å²) in [7, 11) is 0. The Balaban J connectivity index is 1.69. The predicted molar refractivity (Wildman–Crippen MR) is 113 cm³/mol. The van der Waals surface area contributed by atoms with Crippen molar-refractivity contribution in [2.24, 2.45) is 0 Å². The molecule has 0 fully saturated rings. The van der Waals surface area contributed by atoms with E-state index in [-0.39, 0.29) is 5.91 Å². The van der Waals surface area contributed by atoms with Crippen LogP contribution in [0.5, 0.6) is 0 Å². The highest BCUT2D eigenvalue weighted by atomic mass is 16.1. The highest BCUT2D eigenvalue weighted by Gasteiger charge is 2.10. The van der Waals surface area contributed by atoms with Gasteiger partial charge >= 0.3 is 0 Å². The molecule has 0 saturated carbocycles. The largest absolute Gasteiger partial charge is 0.320 e. The zero-order valence-electron chi connectivity index (χ0n) is 15.4. The maximum absolute atomic E-state index is 12.6. The molecule has 134 valence electrons. The Labute approximate surface area is 164 Å². The van der Waals surface area contributed by atoms with Crippen LogP contribution in [-0.4, -0.2) is 10.9 Å². The molecule has 0 radical (unpaired) electrons. The van der Waals surface area contributed by atoms with Gasteiger partial charge in [0.1, 0.15) is 0 Å². The van der Waals surface area contributed by atoms with Gasteiger partial charge < -0.3 is 5.32 Å². The molecule has 0 unspecified atom stereocenters. The molecular formula is C25H18N2O. The van der Waals surface area contributed by atoms with Gasteiger partial charge in [-0.25, -0.2) is 0 Å². The highest BCUT2D eigenvalue weighted by molar-refractivity contribution is 6.09. The lowest BCUT2D eigenvalue weighted by Gasteiger charge is -2.09. The standard InChI is InChI=1S/C25H18N2O/c1-18-9-12-21(13-10-18)25(28)27-23-16-15-20(22-8-5-17-26-24(22)23)14-11-19-6-3-2-4-7-19/h2-10,12-13,15-17H,1H3,(H,27,28). The number of amides is 1. The first-order valence-corrected chi connectivity index (χ1v) is 9.03. The molecule has 4 rings (SSSR count). The van der Waals surface area contributed by atoms with E-state index < -0.39 is 0 Å². The second-order valence-electron chi connectivity index (χ2n) is 6.50. The lowest BCUT2D eigenvalue weighted by molar-refractivity contribution is 0.102. The Kier molecular flexibility index (Phi) is 4.86. The number of carbonyl (C=O) groups excluding carboxylic acids is 1. The van der Waals surface area contributed by atoms with Crippen molar-refractivity contribution in [1.29, 1.82) is 0 Å². The maximum atomic E-state index is 12.6. The first-order valence-electron chi connectivity index (χ1n) is 9.03. The van der Waals surface area contributed by atoms with Crippen LogP contribution in [0.25, 0.3) is 10.9 Å². The average Bonchev–Trinajstić information content (AvgIpc) is 2.74. The molecule has 0 aliphatic carbocycles. The predicted octanol–water partition coefficient (Wildman–Crippen LogP) is 5.20. The van der Waals surface area contributed by atoms with E-state index in [1.807, 2.05) is 85.8 Å². The summed E-state index contributed by atoms with van der Waals surface area (Å²) in [5.41, 5.74) is 4.96. The Morgan fingerprint density at radius 1 is 0.857 bits per heavy atom. The van der Waals surface area contributed by atoms with Crippen LogP contribution >= 0.6 is 0 Å². The molecule has 1 N–H and O–H groups in total. The number of anilines is 1. The van der Waals surface area contributed by atoms with E-state index in [9.17, 15) is 4.79 Å². The molecule has 1 aromatic heterocycles. The van der Waals surface area contributed by atoms with Gasteiger partial charge in [0.2, 0.25) is 0 Å². The van der Waals surface area contributed by atoms with Crippen molar-refractivity contribution < 1.29 is 4.79 Å². The molecule has 0 spiro atoms. The fourth-order valence-electron chi connectivity index (χ4n) is 2.94. The Bertz CT molecular complexity index is 1200. The molecular weight excluding hydrogens is 344 g/mol. The van der Waals surface area contributed by atoms with Crippen molar-refractivity contribution in [2.45, 2.75) is 6.92 Å². The van der Waals surface area contributed by atoms with Crippen LogP contribution in [0.15, 0.2) is 85.1 Å². The van der Waals surface area contributed by atoms with Crippen LogP contribution in [0, 0.1) is 18.8 Å². The molecule has 4 aromatic rings. The monoisotopic (exact) mass is 362 g/mol. The number of benzene rings is 3. The van der Waals surface area contributed by atoms with E-state index in [2.05, 4.69) is 22.1 Å². The second-order valence-corrected chi connectivity index (χ2v) is 6.50. The summed E-state index contributed by atoms with van der Waals surface area (Å²) in [4.78, 5) is 17.1. The van der Waals surface area contributed by atoms with E-state index in [4.69, 9.17) is 0 Å². The molecule has 1 heterocycles. The van der Waals surface area contributed by atoms with Gasteiger partial charge in [-0.3, -0.25) is 9.78 Å². The summed E-state index contributed by atoms with van der Waals surface area (Å²) in [6, 6.07) is 25.0. The summed E-state index contributed by atoms with van der Waals surface area (Å²) >= 11 is 0. The van der Waals surface area contributed by atoms with Gasteiger partial charge in [0, 0.05) is 28.3 Å². The minimum atomic E-state index is -0.157. The van der Waals surface area contributed by atoms with Crippen molar-refractivity contribution in [3.05, 3.63) is 107 Å². The smallest absolute Gasteiger partial charge is 0.255 e. The second kappa shape index (κ2) is 7.77. The molecule has 0 aliphatic heterocycles. The number of carbonyl (C=O) groups is 1.